The van der Waals surface area contributed by atoms with Crippen LogP contribution in [0.4, 0.5) is 11.4 Å². The predicted molar refractivity (Wildman–Crippen MR) is 133 cm³/mol. The molecule has 1 aliphatic carbocycles. The summed E-state index contributed by atoms with van der Waals surface area (Å²) in [5, 5.41) is 14.1. The number of nitrogens with one attached hydrogen (secondary N) is 1. The van der Waals surface area contributed by atoms with Gasteiger partial charge in [-0.3, -0.25) is 19.8 Å². The normalized spacial score (nSPS) is 20.4. The average Bonchev–Trinajstić information content (AvgIpc) is 2.86. The quantitative estimate of drug-likeness (QED) is 0.400. The van der Waals surface area contributed by atoms with E-state index in [1.165, 1.54) is 31.4 Å². The number of carbonyl (C=O) groups excluding carboxylic acids is 1. The van der Waals surface area contributed by atoms with Gasteiger partial charge in [-0.1, -0.05) is 37.8 Å². The van der Waals surface area contributed by atoms with E-state index in [-0.39, 0.29) is 11.6 Å². The number of piperidine rings is 1. The summed E-state index contributed by atoms with van der Waals surface area (Å²) in [6, 6.07) is 14.6. The summed E-state index contributed by atoms with van der Waals surface area (Å²) in [5.41, 5.74) is 0.963. The monoisotopic (exact) mass is 465 g/mol. The van der Waals surface area contributed by atoms with Gasteiger partial charge in [-0.15, -0.1) is 0 Å². The highest BCUT2D eigenvalue weighted by Crippen LogP contribution is 2.41. The molecule has 34 heavy (non-hydrogen) atoms. The van der Waals surface area contributed by atoms with Crippen molar-refractivity contribution < 1.29 is 14.5 Å². The van der Waals surface area contributed by atoms with Crippen LogP contribution in [-0.2, 0) is 10.2 Å². The first kappa shape index (κ1) is 24.2. The van der Waals surface area contributed by atoms with Crippen molar-refractivity contribution in [1.82, 2.24) is 4.90 Å². The Morgan fingerprint density at radius 1 is 1.06 bits per heavy atom. The lowest BCUT2D eigenvalue weighted by Crippen LogP contribution is -2.42. The van der Waals surface area contributed by atoms with E-state index in [9.17, 15) is 14.9 Å². The van der Waals surface area contributed by atoms with Crippen molar-refractivity contribution in [3.63, 3.8) is 0 Å². The average molecular weight is 466 g/mol. The minimum atomic E-state index is -0.659. The number of amides is 1. The summed E-state index contributed by atoms with van der Waals surface area (Å²) in [6.07, 6.45) is 8.36. The van der Waals surface area contributed by atoms with Gasteiger partial charge < -0.3 is 10.1 Å². The summed E-state index contributed by atoms with van der Waals surface area (Å²) in [5.74, 6) is 0.749. The number of nitrogens with zero attached hydrogens (tertiary/aromatic N) is 2. The van der Waals surface area contributed by atoms with Gasteiger partial charge in [0, 0.05) is 30.4 Å². The van der Waals surface area contributed by atoms with Crippen molar-refractivity contribution in [2.24, 2.45) is 0 Å². The lowest BCUT2D eigenvalue weighted by atomic mass is 9.68. The van der Waals surface area contributed by atoms with E-state index >= 15 is 0 Å². The number of likely N-dealkylation sites (tertiary alicyclic amines) is 1. The van der Waals surface area contributed by atoms with Crippen LogP contribution in [-0.4, -0.2) is 41.5 Å². The molecule has 7 heteroatoms. The zero-order chi connectivity index (χ0) is 24.0. The molecule has 2 aromatic carbocycles. The Bertz CT molecular complexity index is 968. The lowest BCUT2D eigenvalue weighted by molar-refractivity contribution is -0.384. The fourth-order valence-electron chi connectivity index (χ4n) is 5.36. The summed E-state index contributed by atoms with van der Waals surface area (Å²) in [6.45, 7) is 5.01. The van der Waals surface area contributed by atoms with E-state index in [1.54, 1.807) is 12.1 Å². The van der Waals surface area contributed by atoms with Crippen LogP contribution in [0.3, 0.4) is 0 Å². The van der Waals surface area contributed by atoms with Crippen molar-refractivity contribution in [2.45, 2.75) is 69.7 Å². The van der Waals surface area contributed by atoms with Gasteiger partial charge in [-0.25, -0.2) is 0 Å². The minimum Gasteiger partial charge on any atom is -0.492 e. The molecule has 1 unspecified atom stereocenters. The topological polar surface area (TPSA) is 84.7 Å². The molecule has 1 saturated carbocycles. The highest BCUT2D eigenvalue weighted by Gasteiger charge is 2.41. The van der Waals surface area contributed by atoms with Crippen LogP contribution in [0, 0.1) is 10.1 Å². The van der Waals surface area contributed by atoms with Gasteiger partial charge in [-0.05, 0) is 69.0 Å². The predicted octanol–water partition coefficient (Wildman–Crippen LogP) is 5.69. The van der Waals surface area contributed by atoms with Crippen molar-refractivity contribution in [1.29, 1.82) is 0 Å². The Kier molecular flexibility index (Phi) is 7.83. The number of non-ortho nitro benzene ring substituents is 1. The summed E-state index contributed by atoms with van der Waals surface area (Å²) < 4.78 is 5.94. The highest BCUT2D eigenvalue weighted by molar-refractivity contribution is 5.99. The van der Waals surface area contributed by atoms with Gasteiger partial charge in [0.2, 0.25) is 5.91 Å². The largest absolute Gasteiger partial charge is 0.492 e. The number of nitro groups is 1. The number of benzene rings is 2. The van der Waals surface area contributed by atoms with Gasteiger partial charge in [0.1, 0.15) is 12.4 Å². The first-order valence-corrected chi connectivity index (χ1v) is 12.5. The van der Waals surface area contributed by atoms with E-state index in [2.05, 4.69) is 17.1 Å². The van der Waals surface area contributed by atoms with Crippen LogP contribution in [0.1, 0.15) is 63.9 Å². The van der Waals surface area contributed by atoms with Crippen LogP contribution in [0.2, 0.25) is 0 Å². The third-order valence-corrected chi connectivity index (χ3v) is 7.47. The summed E-state index contributed by atoms with van der Waals surface area (Å²) in [7, 11) is 0. The lowest BCUT2D eigenvalue weighted by Gasteiger charge is -2.36. The Balaban J connectivity index is 1.38. The Morgan fingerprint density at radius 3 is 2.41 bits per heavy atom. The van der Waals surface area contributed by atoms with Gasteiger partial charge in [0.15, 0.2) is 0 Å². The van der Waals surface area contributed by atoms with E-state index in [0.717, 1.165) is 62.2 Å². The molecule has 0 aromatic heterocycles. The first-order valence-electron chi connectivity index (χ1n) is 12.5. The number of rotatable bonds is 8. The van der Waals surface area contributed by atoms with Crippen LogP contribution < -0.4 is 10.1 Å². The summed E-state index contributed by atoms with van der Waals surface area (Å²) in [4.78, 5) is 26.6. The zero-order valence-corrected chi connectivity index (χ0v) is 20.0. The molecule has 1 saturated heterocycles. The molecule has 4 rings (SSSR count). The molecular formula is C27H35N3O4. The van der Waals surface area contributed by atoms with Gasteiger partial charge >= 0.3 is 0 Å². The number of hydrogen-bond acceptors (Lipinski definition) is 5. The van der Waals surface area contributed by atoms with E-state index in [1.807, 2.05) is 24.3 Å². The molecule has 1 atom stereocenters. The molecule has 0 radical (unpaired) electrons. The van der Waals surface area contributed by atoms with E-state index < -0.39 is 10.3 Å². The SMILES string of the molecule is CC1CCCCN1CCOc1ccc(NC(=O)C2(c3ccc([N+](=O)[O-])cc3)CCCCC2)cc1. The summed E-state index contributed by atoms with van der Waals surface area (Å²) >= 11 is 0. The van der Waals surface area contributed by atoms with Crippen molar-refractivity contribution in [3.05, 3.63) is 64.2 Å². The smallest absolute Gasteiger partial charge is 0.269 e. The molecule has 0 bridgehead atoms. The van der Waals surface area contributed by atoms with E-state index in [4.69, 9.17) is 4.74 Å². The van der Waals surface area contributed by atoms with Gasteiger partial charge in [0.25, 0.3) is 5.69 Å². The maximum absolute atomic E-state index is 13.5. The number of nitro benzene ring substituents is 1. The first-order chi connectivity index (χ1) is 16.5. The number of carbonyl (C=O) groups is 1. The second-order valence-electron chi connectivity index (χ2n) is 9.65. The maximum Gasteiger partial charge on any atom is 0.269 e. The zero-order valence-electron chi connectivity index (χ0n) is 20.0. The molecule has 182 valence electrons. The molecule has 7 nitrogen and oxygen atoms in total. The van der Waals surface area contributed by atoms with Crippen LogP contribution in [0.15, 0.2) is 48.5 Å². The fourth-order valence-corrected chi connectivity index (χ4v) is 5.36. The Morgan fingerprint density at radius 2 is 1.76 bits per heavy atom. The maximum atomic E-state index is 13.5. The molecule has 2 aromatic rings. The molecule has 1 amide bonds. The second kappa shape index (κ2) is 11.0. The van der Waals surface area contributed by atoms with Crippen molar-refractivity contribution in [2.75, 3.05) is 25.0 Å². The Hall–Kier alpha value is -2.93. The molecule has 2 fully saturated rings. The van der Waals surface area contributed by atoms with E-state index in [0.29, 0.717) is 12.6 Å². The van der Waals surface area contributed by atoms with Crippen LogP contribution in [0.25, 0.3) is 0 Å². The molecule has 0 spiro atoms. The molecule has 1 heterocycles. The van der Waals surface area contributed by atoms with Crippen LogP contribution in [0.5, 0.6) is 5.75 Å². The standard InChI is InChI=1S/C27H35N3O4/c1-21-7-3-6-18-29(21)19-20-34-25-14-10-23(11-15-25)28-26(31)27(16-4-2-5-17-27)22-8-12-24(13-9-22)30(32)33/h8-15,21H,2-7,16-20H2,1H3,(H,28,31). The molecule has 1 aliphatic heterocycles. The number of anilines is 1. The van der Waals surface area contributed by atoms with Gasteiger partial charge in [0.05, 0.1) is 10.3 Å². The second-order valence-corrected chi connectivity index (χ2v) is 9.65. The third-order valence-electron chi connectivity index (χ3n) is 7.47. The number of ether oxygens (including phenoxy) is 1. The van der Waals surface area contributed by atoms with Crippen molar-refractivity contribution >= 4 is 17.3 Å². The molecule has 1 N–H and O–H groups in total. The molecule has 2 aliphatic rings. The minimum absolute atomic E-state index is 0.0421. The van der Waals surface area contributed by atoms with Gasteiger partial charge in [-0.2, -0.15) is 0 Å². The number of hydrogen-bond donors (Lipinski definition) is 1. The fraction of sp³-hybridized carbons (Fsp3) is 0.519. The van der Waals surface area contributed by atoms with Crippen molar-refractivity contribution in [3.8, 4) is 5.75 Å². The van der Waals surface area contributed by atoms with Crippen LogP contribution >= 0.6 is 0 Å². The highest BCUT2D eigenvalue weighted by atomic mass is 16.6. The Labute approximate surface area is 201 Å². The molecular weight excluding hydrogens is 430 g/mol. The third kappa shape index (κ3) is 5.58.